The number of ketones is 1. The second kappa shape index (κ2) is 11.1. The first-order chi connectivity index (χ1) is 19.7. The van der Waals surface area contributed by atoms with Gasteiger partial charge < -0.3 is 10.2 Å². The molecule has 0 atom stereocenters. The van der Waals surface area contributed by atoms with Crippen LogP contribution in [0.5, 0.6) is 0 Å². The highest BCUT2D eigenvalue weighted by Crippen LogP contribution is 2.24. The van der Waals surface area contributed by atoms with Gasteiger partial charge in [0, 0.05) is 30.2 Å². The fourth-order valence-corrected chi connectivity index (χ4v) is 4.49. The lowest BCUT2D eigenvalue weighted by molar-refractivity contribution is -0.121. The molecule has 1 aliphatic rings. The maximum atomic E-state index is 13.4. The topological polar surface area (TPSA) is 135 Å². The third-order valence-corrected chi connectivity index (χ3v) is 6.60. The fourth-order valence-electron chi connectivity index (χ4n) is 4.32. The molecule has 1 aromatic heterocycles. The Balaban J connectivity index is 1.44. The molecule has 11 nitrogen and oxygen atoms in total. The van der Waals surface area contributed by atoms with Crippen LogP contribution in [0.2, 0.25) is 5.02 Å². The summed E-state index contributed by atoms with van der Waals surface area (Å²) < 4.78 is 1.30. The number of rotatable bonds is 8. The highest BCUT2D eigenvalue weighted by molar-refractivity contribution is 6.31. The van der Waals surface area contributed by atoms with Crippen molar-refractivity contribution in [3.05, 3.63) is 112 Å². The Morgan fingerprint density at radius 1 is 0.902 bits per heavy atom. The zero-order chi connectivity index (χ0) is 29.3. The molecule has 0 unspecified atom stereocenters. The van der Waals surface area contributed by atoms with Gasteiger partial charge in [-0.2, -0.15) is 0 Å². The molecule has 0 aliphatic carbocycles. The molecule has 0 radical (unpaired) electrons. The molecule has 0 saturated carbocycles. The van der Waals surface area contributed by atoms with Crippen LogP contribution in [0.4, 0.5) is 0 Å². The minimum absolute atomic E-state index is 0.135. The van der Waals surface area contributed by atoms with Gasteiger partial charge in [0.1, 0.15) is 6.54 Å². The largest absolute Gasteiger partial charge is 0.347 e. The van der Waals surface area contributed by atoms with E-state index in [2.05, 4.69) is 15.4 Å². The van der Waals surface area contributed by atoms with Gasteiger partial charge in [0.2, 0.25) is 11.7 Å². The van der Waals surface area contributed by atoms with Gasteiger partial charge in [-0.05, 0) is 30.3 Å². The Labute approximate surface area is 239 Å². The molecule has 4 aromatic rings. The standard InChI is InChI=1S/C29H23ClN6O5/c1-34(2)29(41)26-32-23(15-31-24(37)16-35-27(39)19-10-6-7-11-20(19)28(35)40)36(33-26)22-13-12-18(30)14-21(22)25(38)17-8-4-3-5-9-17/h3-14H,15-16H2,1-2H3,(H,31,37). The molecule has 2 heterocycles. The smallest absolute Gasteiger partial charge is 0.293 e. The Morgan fingerprint density at radius 3 is 2.17 bits per heavy atom. The first-order valence-electron chi connectivity index (χ1n) is 12.4. The van der Waals surface area contributed by atoms with Crippen LogP contribution in [0.25, 0.3) is 5.69 Å². The summed E-state index contributed by atoms with van der Waals surface area (Å²) in [5, 5.41) is 7.30. The van der Waals surface area contributed by atoms with Crippen molar-refractivity contribution in [2.75, 3.05) is 20.6 Å². The maximum absolute atomic E-state index is 13.4. The first kappa shape index (κ1) is 27.4. The molecular weight excluding hydrogens is 548 g/mol. The highest BCUT2D eigenvalue weighted by atomic mass is 35.5. The first-order valence-corrected chi connectivity index (χ1v) is 12.8. The normalized spacial score (nSPS) is 12.3. The number of halogens is 1. The number of imide groups is 1. The Bertz CT molecular complexity index is 1680. The third-order valence-electron chi connectivity index (χ3n) is 6.36. The maximum Gasteiger partial charge on any atom is 0.293 e. The van der Waals surface area contributed by atoms with Gasteiger partial charge in [-0.25, -0.2) is 9.67 Å². The Morgan fingerprint density at radius 2 is 1.54 bits per heavy atom. The van der Waals surface area contributed by atoms with Gasteiger partial charge in [0.05, 0.1) is 23.4 Å². The van der Waals surface area contributed by atoms with E-state index in [0.717, 1.165) is 4.90 Å². The summed E-state index contributed by atoms with van der Waals surface area (Å²) in [5.74, 6) is -2.61. The van der Waals surface area contributed by atoms with Gasteiger partial charge in [-0.15, -0.1) is 5.10 Å². The monoisotopic (exact) mass is 570 g/mol. The van der Waals surface area contributed by atoms with E-state index in [9.17, 15) is 24.0 Å². The summed E-state index contributed by atoms with van der Waals surface area (Å²) in [6.45, 7) is -0.736. The van der Waals surface area contributed by atoms with Gasteiger partial charge in [0.15, 0.2) is 11.6 Å². The summed E-state index contributed by atoms with van der Waals surface area (Å²) in [7, 11) is 3.08. The van der Waals surface area contributed by atoms with Crippen molar-refractivity contribution in [1.29, 1.82) is 0 Å². The van der Waals surface area contributed by atoms with Gasteiger partial charge in [-0.1, -0.05) is 54.1 Å². The van der Waals surface area contributed by atoms with E-state index >= 15 is 0 Å². The van der Waals surface area contributed by atoms with Crippen molar-refractivity contribution in [3.8, 4) is 5.69 Å². The van der Waals surface area contributed by atoms with Crippen molar-refractivity contribution >= 4 is 41.0 Å². The fraction of sp³-hybridized carbons (Fsp3) is 0.138. The highest BCUT2D eigenvalue weighted by Gasteiger charge is 2.36. The van der Waals surface area contributed by atoms with E-state index in [0.29, 0.717) is 10.6 Å². The summed E-state index contributed by atoms with van der Waals surface area (Å²) >= 11 is 6.24. The molecule has 0 bridgehead atoms. The van der Waals surface area contributed by atoms with Crippen LogP contribution in [0.1, 0.15) is 53.1 Å². The lowest BCUT2D eigenvalue weighted by atomic mass is 10.0. The summed E-state index contributed by atoms with van der Waals surface area (Å²) in [6.07, 6.45) is 0. The molecule has 12 heteroatoms. The number of hydrogen-bond acceptors (Lipinski definition) is 7. The average molecular weight is 571 g/mol. The minimum Gasteiger partial charge on any atom is -0.347 e. The molecule has 0 saturated heterocycles. The van der Waals surface area contributed by atoms with Gasteiger partial charge >= 0.3 is 0 Å². The second-order valence-electron chi connectivity index (χ2n) is 9.34. The van der Waals surface area contributed by atoms with Crippen LogP contribution in [0.15, 0.2) is 72.8 Å². The molecule has 41 heavy (non-hydrogen) atoms. The van der Waals surface area contributed by atoms with Crippen molar-refractivity contribution in [1.82, 2.24) is 29.9 Å². The zero-order valence-electron chi connectivity index (χ0n) is 22.0. The number of fused-ring (bicyclic) bond motifs is 1. The van der Waals surface area contributed by atoms with Crippen molar-refractivity contribution in [3.63, 3.8) is 0 Å². The molecule has 0 fully saturated rings. The lowest BCUT2D eigenvalue weighted by Crippen LogP contribution is -2.40. The molecule has 4 amide bonds. The molecular formula is C29H23ClN6O5. The second-order valence-corrected chi connectivity index (χ2v) is 9.77. The number of aromatic nitrogens is 3. The Kier molecular flexibility index (Phi) is 7.45. The van der Waals surface area contributed by atoms with Crippen LogP contribution in [0.3, 0.4) is 0 Å². The lowest BCUT2D eigenvalue weighted by Gasteiger charge is -2.14. The molecule has 5 rings (SSSR count). The van der Waals surface area contributed by atoms with E-state index < -0.39 is 30.2 Å². The van der Waals surface area contributed by atoms with Crippen molar-refractivity contribution in [2.24, 2.45) is 0 Å². The molecule has 1 N–H and O–H groups in total. The van der Waals surface area contributed by atoms with Crippen LogP contribution < -0.4 is 5.32 Å². The van der Waals surface area contributed by atoms with Crippen LogP contribution in [-0.2, 0) is 11.3 Å². The SMILES string of the molecule is CN(C)C(=O)c1nc(CNC(=O)CN2C(=O)c3ccccc3C2=O)n(-c2ccc(Cl)cc2C(=O)c2ccccc2)n1. The van der Waals surface area contributed by atoms with E-state index in [1.54, 1.807) is 68.7 Å². The minimum atomic E-state index is -0.633. The quantitative estimate of drug-likeness (QED) is 0.254. The Hall–Kier alpha value is -5.16. The number of hydrogen-bond donors (Lipinski definition) is 1. The van der Waals surface area contributed by atoms with Crippen LogP contribution in [-0.4, -0.2) is 74.6 Å². The average Bonchev–Trinajstić information content (AvgIpc) is 3.50. The number of carbonyl (C=O) groups is 5. The summed E-state index contributed by atoms with van der Waals surface area (Å²) in [5.41, 5.74) is 1.37. The molecule has 1 aliphatic heterocycles. The van der Waals surface area contributed by atoms with Crippen LogP contribution >= 0.6 is 11.6 Å². The van der Waals surface area contributed by atoms with Crippen molar-refractivity contribution < 1.29 is 24.0 Å². The summed E-state index contributed by atoms with van der Waals surface area (Å²) in [6, 6.07) is 19.5. The number of nitrogens with zero attached hydrogens (tertiary/aromatic N) is 5. The predicted octanol–water partition coefficient (Wildman–Crippen LogP) is 2.77. The number of nitrogens with one attached hydrogen (secondary N) is 1. The number of benzene rings is 3. The van der Waals surface area contributed by atoms with Crippen LogP contribution in [0, 0.1) is 0 Å². The van der Waals surface area contributed by atoms with E-state index in [1.165, 1.54) is 27.8 Å². The van der Waals surface area contributed by atoms with Crippen molar-refractivity contribution in [2.45, 2.75) is 6.54 Å². The van der Waals surface area contributed by atoms with E-state index in [1.807, 2.05) is 0 Å². The van der Waals surface area contributed by atoms with E-state index in [4.69, 9.17) is 11.6 Å². The van der Waals surface area contributed by atoms with E-state index in [-0.39, 0.29) is 46.4 Å². The molecule has 0 spiro atoms. The predicted molar refractivity (Wildman–Crippen MR) is 148 cm³/mol. The zero-order valence-corrected chi connectivity index (χ0v) is 22.8. The third kappa shape index (κ3) is 5.35. The van der Waals surface area contributed by atoms with Gasteiger partial charge in [-0.3, -0.25) is 28.9 Å². The number of amides is 4. The molecule has 3 aromatic carbocycles. The molecule has 206 valence electrons. The van der Waals surface area contributed by atoms with Gasteiger partial charge in [0.25, 0.3) is 17.7 Å². The summed E-state index contributed by atoms with van der Waals surface area (Å²) in [4.78, 5) is 70.8. The number of carbonyl (C=O) groups excluding carboxylic acids is 5.